The Bertz CT molecular complexity index is 575. The summed E-state index contributed by atoms with van der Waals surface area (Å²) in [7, 11) is 0. The van der Waals surface area contributed by atoms with Gasteiger partial charge in [-0.15, -0.1) is 0 Å². The fourth-order valence-corrected chi connectivity index (χ4v) is 3.04. The van der Waals surface area contributed by atoms with E-state index in [0.717, 1.165) is 25.3 Å². The van der Waals surface area contributed by atoms with Crippen molar-refractivity contribution in [3.05, 3.63) is 65.7 Å². The highest BCUT2D eigenvalue weighted by Crippen LogP contribution is 2.29. The second-order valence-corrected chi connectivity index (χ2v) is 7.04. The van der Waals surface area contributed by atoms with Gasteiger partial charge in [-0.2, -0.15) is 0 Å². The van der Waals surface area contributed by atoms with E-state index in [1.807, 2.05) is 0 Å². The van der Waals surface area contributed by atoms with Gasteiger partial charge in [-0.1, -0.05) is 56.3 Å². The average Bonchev–Trinajstić information content (AvgIpc) is 2.56. The molecule has 2 aromatic carbocycles. The van der Waals surface area contributed by atoms with Crippen molar-refractivity contribution in [3.63, 3.8) is 0 Å². The van der Waals surface area contributed by atoms with Gasteiger partial charge in [-0.25, -0.2) is 0 Å². The van der Waals surface area contributed by atoms with Crippen LogP contribution in [0, 0.1) is 5.92 Å². The molecule has 0 amide bonds. The lowest BCUT2D eigenvalue weighted by Crippen LogP contribution is -2.19. The van der Waals surface area contributed by atoms with Crippen molar-refractivity contribution in [2.45, 2.75) is 52.7 Å². The van der Waals surface area contributed by atoms with Crippen molar-refractivity contribution in [1.82, 2.24) is 5.32 Å². The Morgan fingerprint density at radius 2 is 1.54 bits per heavy atom. The molecule has 0 radical (unpaired) electrons. The zero-order chi connectivity index (χ0) is 17.4. The summed E-state index contributed by atoms with van der Waals surface area (Å²) >= 11 is 0. The van der Waals surface area contributed by atoms with Crippen LogP contribution >= 0.6 is 0 Å². The Kier molecular flexibility index (Phi) is 7.33. The van der Waals surface area contributed by atoms with Gasteiger partial charge in [0.25, 0.3) is 0 Å². The molecule has 0 aliphatic carbocycles. The van der Waals surface area contributed by atoms with E-state index < -0.39 is 0 Å². The van der Waals surface area contributed by atoms with Gasteiger partial charge in [0.2, 0.25) is 0 Å². The van der Waals surface area contributed by atoms with Crippen LogP contribution in [-0.4, -0.2) is 12.6 Å². The van der Waals surface area contributed by atoms with Crippen LogP contribution in [0.25, 0.3) is 0 Å². The predicted octanol–water partition coefficient (Wildman–Crippen LogP) is 5.39. The first-order valence-electron chi connectivity index (χ1n) is 9.07. The molecule has 2 nitrogen and oxygen atoms in total. The van der Waals surface area contributed by atoms with E-state index in [2.05, 4.69) is 87.6 Å². The smallest absolute Gasteiger partial charge is 0.119 e. The van der Waals surface area contributed by atoms with E-state index >= 15 is 0 Å². The minimum Gasteiger partial charge on any atom is -0.491 e. The molecule has 1 unspecified atom stereocenters. The lowest BCUT2D eigenvalue weighted by Gasteiger charge is -2.22. The summed E-state index contributed by atoms with van der Waals surface area (Å²) < 4.78 is 5.74. The van der Waals surface area contributed by atoms with E-state index in [0.29, 0.717) is 11.8 Å². The lowest BCUT2D eigenvalue weighted by atomic mass is 9.86. The molecule has 0 heterocycles. The van der Waals surface area contributed by atoms with Gasteiger partial charge in [0.1, 0.15) is 5.75 Å². The molecule has 0 spiro atoms. The first kappa shape index (κ1) is 18.5. The van der Waals surface area contributed by atoms with Gasteiger partial charge in [0.05, 0.1) is 6.10 Å². The third-order valence-corrected chi connectivity index (χ3v) is 4.29. The van der Waals surface area contributed by atoms with E-state index in [-0.39, 0.29) is 6.10 Å². The third-order valence-electron chi connectivity index (χ3n) is 4.29. The summed E-state index contributed by atoms with van der Waals surface area (Å²) in [4.78, 5) is 0. The standard InChI is InChI=1S/C22H31NO/c1-17(2)22(14-15-23-16-19-8-6-5-7-9-19)20-10-12-21(13-11-20)24-18(3)4/h5-13,17-18,22-23H,14-16H2,1-4H3. The number of ether oxygens (including phenoxy) is 1. The molecule has 0 saturated heterocycles. The molecule has 130 valence electrons. The molecule has 0 bridgehead atoms. The average molecular weight is 325 g/mol. The van der Waals surface area contributed by atoms with Crippen LogP contribution in [0.5, 0.6) is 5.75 Å². The maximum atomic E-state index is 5.74. The van der Waals surface area contributed by atoms with Gasteiger partial charge in [0, 0.05) is 6.54 Å². The molecule has 1 atom stereocenters. The summed E-state index contributed by atoms with van der Waals surface area (Å²) in [6, 6.07) is 19.2. The fourth-order valence-electron chi connectivity index (χ4n) is 3.04. The zero-order valence-electron chi connectivity index (χ0n) is 15.5. The van der Waals surface area contributed by atoms with Crippen molar-refractivity contribution in [1.29, 1.82) is 0 Å². The Morgan fingerprint density at radius 1 is 0.875 bits per heavy atom. The molecule has 0 aromatic heterocycles. The van der Waals surface area contributed by atoms with Crippen molar-refractivity contribution >= 4 is 0 Å². The molecule has 0 saturated carbocycles. The molecule has 0 fully saturated rings. The Labute approximate surface area is 147 Å². The minimum atomic E-state index is 0.221. The van der Waals surface area contributed by atoms with E-state index in [1.165, 1.54) is 11.1 Å². The Morgan fingerprint density at radius 3 is 2.12 bits per heavy atom. The second kappa shape index (κ2) is 9.48. The minimum absolute atomic E-state index is 0.221. The van der Waals surface area contributed by atoms with Crippen molar-refractivity contribution < 1.29 is 4.74 Å². The molecule has 24 heavy (non-hydrogen) atoms. The van der Waals surface area contributed by atoms with Crippen molar-refractivity contribution in [2.75, 3.05) is 6.54 Å². The molecule has 1 N–H and O–H groups in total. The highest BCUT2D eigenvalue weighted by atomic mass is 16.5. The summed E-state index contributed by atoms with van der Waals surface area (Å²) in [6.07, 6.45) is 1.37. The fraction of sp³-hybridized carbons (Fsp3) is 0.455. The number of benzene rings is 2. The van der Waals surface area contributed by atoms with Crippen molar-refractivity contribution in [2.24, 2.45) is 5.92 Å². The van der Waals surface area contributed by atoms with E-state index in [4.69, 9.17) is 4.74 Å². The van der Waals surface area contributed by atoms with Crippen LogP contribution < -0.4 is 10.1 Å². The Hall–Kier alpha value is -1.80. The second-order valence-electron chi connectivity index (χ2n) is 7.04. The first-order chi connectivity index (χ1) is 11.6. The molecule has 2 rings (SSSR count). The number of nitrogens with one attached hydrogen (secondary N) is 1. The molecular formula is C22H31NO. The summed E-state index contributed by atoms with van der Waals surface area (Å²) in [5.74, 6) is 2.15. The van der Waals surface area contributed by atoms with E-state index in [1.54, 1.807) is 0 Å². The lowest BCUT2D eigenvalue weighted by molar-refractivity contribution is 0.242. The largest absolute Gasteiger partial charge is 0.491 e. The maximum Gasteiger partial charge on any atom is 0.119 e. The quantitative estimate of drug-likeness (QED) is 0.624. The predicted molar refractivity (Wildman–Crippen MR) is 103 cm³/mol. The summed E-state index contributed by atoms with van der Waals surface area (Å²) in [6.45, 7) is 10.7. The van der Waals surface area contributed by atoms with Gasteiger partial charge in [0.15, 0.2) is 0 Å². The van der Waals surface area contributed by atoms with Crippen LogP contribution in [0.1, 0.15) is 51.2 Å². The Balaban J connectivity index is 1.87. The SMILES string of the molecule is CC(C)Oc1ccc(C(CCNCc2ccccc2)C(C)C)cc1. The van der Waals surface area contributed by atoms with Crippen LogP contribution in [0.4, 0.5) is 0 Å². The molecule has 0 aliphatic rings. The van der Waals surface area contributed by atoms with Crippen LogP contribution in [0.3, 0.4) is 0 Å². The highest BCUT2D eigenvalue weighted by Gasteiger charge is 2.15. The van der Waals surface area contributed by atoms with Crippen LogP contribution in [0.15, 0.2) is 54.6 Å². The van der Waals surface area contributed by atoms with Crippen molar-refractivity contribution in [3.8, 4) is 5.75 Å². The van der Waals surface area contributed by atoms with Crippen LogP contribution in [0.2, 0.25) is 0 Å². The van der Waals surface area contributed by atoms with E-state index in [9.17, 15) is 0 Å². The monoisotopic (exact) mass is 325 g/mol. The molecule has 2 heteroatoms. The van der Waals surface area contributed by atoms with Crippen LogP contribution in [-0.2, 0) is 6.54 Å². The number of hydrogen-bond acceptors (Lipinski definition) is 2. The van der Waals surface area contributed by atoms with Gasteiger partial charge in [-0.3, -0.25) is 0 Å². The summed E-state index contributed by atoms with van der Waals surface area (Å²) in [5, 5.41) is 3.57. The molecule has 2 aromatic rings. The number of hydrogen-bond donors (Lipinski definition) is 1. The van der Waals surface area contributed by atoms with Gasteiger partial charge >= 0.3 is 0 Å². The molecule has 0 aliphatic heterocycles. The molecular weight excluding hydrogens is 294 g/mol. The third kappa shape index (κ3) is 6.01. The normalized spacial score (nSPS) is 12.6. The topological polar surface area (TPSA) is 21.3 Å². The number of rotatable bonds is 9. The zero-order valence-corrected chi connectivity index (χ0v) is 15.5. The van der Waals surface area contributed by atoms with Gasteiger partial charge < -0.3 is 10.1 Å². The summed E-state index contributed by atoms with van der Waals surface area (Å²) in [5.41, 5.74) is 2.75. The van der Waals surface area contributed by atoms with Gasteiger partial charge in [-0.05, 0) is 61.9 Å². The first-order valence-corrected chi connectivity index (χ1v) is 9.07. The maximum absolute atomic E-state index is 5.74. The highest BCUT2D eigenvalue weighted by molar-refractivity contribution is 5.30.